The summed E-state index contributed by atoms with van der Waals surface area (Å²) in [7, 11) is 0. The summed E-state index contributed by atoms with van der Waals surface area (Å²) in [4.78, 5) is 40.0. The molecule has 0 aliphatic rings. The van der Waals surface area contributed by atoms with Crippen molar-refractivity contribution in [1.29, 1.82) is 0 Å². The summed E-state index contributed by atoms with van der Waals surface area (Å²) in [5.41, 5.74) is -0.0266. The third-order valence-electron chi connectivity index (χ3n) is 6.42. The van der Waals surface area contributed by atoms with Gasteiger partial charge in [0.15, 0.2) is 11.5 Å². The van der Waals surface area contributed by atoms with Crippen LogP contribution in [0.25, 0.3) is 28.3 Å². The average molecular weight is 651 g/mol. The standard InChI is InChI=1S/C32H33F3N8O4/c1-30(2,3)46-28(44)43(29(45)47-31(4,5)6)27-39-24-16-20(13-15-41(24)40-27)26-36-14-12-23(38-26)21-17-37-42(18-21)25(32(7,34)35)19-8-10-22(33)11-9-19/h8-18,25H,1-7H3/t25-/m1/s1. The number of anilines is 1. The Balaban J connectivity index is 1.46. The van der Waals surface area contributed by atoms with Gasteiger partial charge < -0.3 is 9.47 Å². The minimum Gasteiger partial charge on any atom is -0.443 e. The molecular weight excluding hydrogens is 617 g/mol. The summed E-state index contributed by atoms with van der Waals surface area (Å²) >= 11 is 0. The fraction of sp³-hybridized carbons (Fsp3) is 0.344. The van der Waals surface area contributed by atoms with E-state index < -0.39 is 41.2 Å². The Hall–Kier alpha value is -5.34. The molecule has 0 unspecified atom stereocenters. The van der Waals surface area contributed by atoms with Crippen molar-refractivity contribution in [2.24, 2.45) is 0 Å². The van der Waals surface area contributed by atoms with E-state index in [1.54, 1.807) is 65.9 Å². The van der Waals surface area contributed by atoms with E-state index in [2.05, 4.69) is 25.1 Å². The average Bonchev–Trinajstić information content (AvgIpc) is 3.59. The van der Waals surface area contributed by atoms with Crippen LogP contribution in [0.1, 0.15) is 60.1 Å². The van der Waals surface area contributed by atoms with Crippen molar-refractivity contribution in [3.8, 4) is 22.6 Å². The molecule has 2 amide bonds. The minimum absolute atomic E-state index is 0.190. The zero-order valence-electron chi connectivity index (χ0n) is 26.8. The van der Waals surface area contributed by atoms with Crippen molar-refractivity contribution in [3.63, 3.8) is 0 Å². The molecule has 4 aromatic heterocycles. The second kappa shape index (κ2) is 12.1. The molecule has 0 N–H and O–H groups in total. The number of nitrogens with zero attached hydrogens (tertiary/aromatic N) is 8. The van der Waals surface area contributed by atoms with Crippen LogP contribution < -0.4 is 4.90 Å². The first-order valence-electron chi connectivity index (χ1n) is 14.5. The molecule has 0 saturated heterocycles. The van der Waals surface area contributed by atoms with Crippen LogP contribution in [0, 0.1) is 5.82 Å². The lowest BCUT2D eigenvalue weighted by Crippen LogP contribution is -2.44. The highest BCUT2D eigenvalue weighted by molar-refractivity contribution is 6.08. The molecule has 0 saturated carbocycles. The largest absolute Gasteiger partial charge is 0.443 e. The fourth-order valence-electron chi connectivity index (χ4n) is 4.55. The Bertz CT molecular complexity index is 1890. The van der Waals surface area contributed by atoms with Crippen LogP contribution >= 0.6 is 0 Å². The predicted octanol–water partition coefficient (Wildman–Crippen LogP) is 7.11. The summed E-state index contributed by atoms with van der Waals surface area (Å²) in [6, 6.07) is 8.22. The van der Waals surface area contributed by atoms with Crippen LogP contribution in [0.5, 0.6) is 0 Å². The Morgan fingerprint density at radius 3 is 2.11 bits per heavy atom. The second-order valence-electron chi connectivity index (χ2n) is 12.8. The van der Waals surface area contributed by atoms with Crippen LogP contribution in [0.3, 0.4) is 0 Å². The van der Waals surface area contributed by atoms with Crippen molar-refractivity contribution in [2.45, 2.75) is 71.6 Å². The first-order valence-corrected chi connectivity index (χ1v) is 14.5. The number of imide groups is 1. The number of carbonyl (C=O) groups is 2. The van der Waals surface area contributed by atoms with E-state index in [0.29, 0.717) is 21.7 Å². The Kier molecular flexibility index (Phi) is 8.51. The molecule has 0 radical (unpaired) electrons. The third-order valence-corrected chi connectivity index (χ3v) is 6.42. The van der Waals surface area contributed by atoms with Gasteiger partial charge in [-0.3, -0.25) is 4.68 Å². The van der Waals surface area contributed by atoms with E-state index >= 15 is 0 Å². The van der Waals surface area contributed by atoms with Crippen LogP contribution in [0.2, 0.25) is 0 Å². The van der Waals surface area contributed by atoms with E-state index in [9.17, 15) is 22.8 Å². The fourth-order valence-corrected chi connectivity index (χ4v) is 4.55. The third kappa shape index (κ3) is 7.73. The van der Waals surface area contributed by atoms with Crippen LogP contribution in [-0.4, -0.2) is 63.7 Å². The van der Waals surface area contributed by atoms with Crippen molar-refractivity contribution in [1.82, 2.24) is 34.3 Å². The first kappa shape index (κ1) is 33.0. The molecule has 0 aliphatic heterocycles. The van der Waals surface area contributed by atoms with Crippen molar-refractivity contribution in [2.75, 3.05) is 4.90 Å². The number of benzene rings is 1. The van der Waals surface area contributed by atoms with Crippen molar-refractivity contribution >= 4 is 23.8 Å². The number of hydrogen-bond acceptors (Lipinski definition) is 9. The van der Waals surface area contributed by atoms with Gasteiger partial charge in [-0.1, -0.05) is 12.1 Å². The normalized spacial score (nSPS) is 13.0. The lowest BCUT2D eigenvalue weighted by Gasteiger charge is -2.26. The lowest BCUT2D eigenvalue weighted by atomic mass is 10.0. The molecular formula is C32H33F3N8O4. The predicted molar refractivity (Wildman–Crippen MR) is 165 cm³/mol. The minimum atomic E-state index is -3.22. The van der Waals surface area contributed by atoms with Gasteiger partial charge in [0.2, 0.25) is 0 Å². The monoisotopic (exact) mass is 650 g/mol. The van der Waals surface area contributed by atoms with Gasteiger partial charge in [0.25, 0.3) is 11.9 Å². The van der Waals surface area contributed by atoms with Gasteiger partial charge in [0, 0.05) is 36.6 Å². The molecule has 0 spiro atoms. The zero-order chi connectivity index (χ0) is 34.3. The molecule has 5 aromatic rings. The number of carbonyl (C=O) groups excluding carboxylic acids is 2. The van der Waals surface area contributed by atoms with Gasteiger partial charge in [-0.25, -0.2) is 37.2 Å². The SMILES string of the molecule is CC(C)(C)OC(=O)N(C(=O)OC(C)(C)C)c1nc2cc(-c3nccc(-c4cnn([C@H](c5ccc(F)cc5)C(C)(F)F)c4)n3)ccn2n1. The van der Waals surface area contributed by atoms with E-state index in [0.717, 1.165) is 23.7 Å². The number of amides is 2. The quantitative estimate of drug-likeness (QED) is 0.189. The summed E-state index contributed by atoms with van der Waals surface area (Å²) in [6.45, 7) is 10.7. The number of hydrogen-bond donors (Lipinski definition) is 0. The molecule has 1 aromatic carbocycles. The number of pyridine rings is 1. The molecule has 1 atom stereocenters. The zero-order valence-corrected chi connectivity index (χ0v) is 26.8. The van der Waals surface area contributed by atoms with E-state index in [1.165, 1.54) is 35.2 Å². The number of ether oxygens (including phenoxy) is 2. The highest BCUT2D eigenvalue weighted by atomic mass is 19.3. The highest BCUT2D eigenvalue weighted by Crippen LogP contribution is 2.35. The maximum Gasteiger partial charge on any atom is 0.427 e. The maximum absolute atomic E-state index is 14.7. The molecule has 0 fully saturated rings. The van der Waals surface area contributed by atoms with Crippen molar-refractivity contribution in [3.05, 3.63) is 78.6 Å². The van der Waals surface area contributed by atoms with Gasteiger partial charge in [-0.2, -0.15) is 10.1 Å². The van der Waals surface area contributed by atoms with Gasteiger partial charge in [-0.15, -0.1) is 10.00 Å². The lowest BCUT2D eigenvalue weighted by molar-refractivity contribution is -0.0217. The molecule has 5 rings (SSSR count). The molecule has 246 valence electrons. The number of fused-ring (bicyclic) bond motifs is 1. The molecule has 47 heavy (non-hydrogen) atoms. The first-order chi connectivity index (χ1) is 21.9. The molecule has 12 nitrogen and oxygen atoms in total. The van der Waals surface area contributed by atoms with E-state index in [-0.39, 0.29) is 23.0 Å². The number of rotatable bonds is 6. The highest BCUT2D eigenvalue weighted by Gasteiger charge is 2.38. The molecule has 15 heteroatoms. The van der Waals surface area contributed by atoms with Gasteiger partial charge in [-0.05, 0) is 77.4 Å². The van der Waals surface area contributed by atoms with E-state index in [1.807, 2.05) is 0 Å². The molecule has 0 bridgehead atoms. The van der Waals surface area contributed by atoms with Gasteiger partial charge in [0.1, 0.15) is 23.1 Å². The Morgan fingerprint density at radius 1 is 0.872 bits per heavy atom. The van der Waals surface area contributed by atoms with Gasteiger partial charge >= 0.3 is 12.2 Å². The summed E-state index contributed by atoms with van der Waals surface area (Å²) < 4.78 is 56.2. The maximum atomic E-state index is 14.7. The summed E-state index contributed by atoms with van der Waals surface area (Å²) in [5, 5.41) is 8.45. The van der Waals surface area contributed by atoms with Crippen LogP contribution in [0.15, 0.2) is 67.3 Å². The smallest absolute Gasteiger partial charge is 0.427 e. The van der Waals surface area contributed by atoms with Gasteiger partial charge in [0.05, 0.1) is 11.9 Å². The summed E-state index contributed by atoms with van der Waals surface area (Å²) in [5.74, 6) is -3.75. The Labute approximate surface area is 268 Å². The van der Waals surface area contributed by atoms with E-state index in [4.69, 9.17) is 9.47 Å². The second-order valence-corrected chi connectivity index (χ2v) is 12.8. The molecule has 0 aliphatic carbocycles. The van der Waals surface area contributed by atoms with Crippen molar-refractivity contribution < 1.29 is 32.2 Å². The molecule has 4 heterocycles. The Morgan fingerprint density at radius 2 is 1.51 bits per heavy atom. The number of halogens is 3. The van der Waals surface area contributed by atoms with Crippen LogP contribution in [0.4, 0.5) is 28.7 Å². The summed E-state index contributed by atoms with van der Waals surface area (Å²) in [6.07, 6.45) is 3.88. The topological polar surface area (TPSA) is 130 Å². The number of alkyl halides is 2. The van der Waals surface area contributed by atoms with Crippen LogP contribution in [-0.2, 0) is 9.47 Å². The number of aromatic nitrogens is 7.